The average molecular weight is 581 g/mol. The van der Waals surface area contributed by atoms with Crippen LogP contribution in [-0.4, -0.2) is 17.5 Å². The van der Waals surface area contributed by atoms with Gasteiger partial charge in [-0.3, -0.25) is 9.69 Å². The molecule has 44 heavy (non-hydrogen) atoms. The molecule has 3 heterocycles. The minimum Gasteiger partial charge on any atom is -0.493 e. The Balaban J connectivity index is 1.11. The van der Waals surface area contributed by atoms with Gasteiger partial charge < -0.3 is 14.2 Å². The zero-order valence-electron chi connectivity index (χ0n) is 24.3. The Morgan fingerprint density at radius 1 is 0.773 bits per heavy atom. The number of rotatable bonds is 9. The normalized spacial score (nSPS) is 15.7. The van der Waals surface area contributed by atoms with Crippen LogP contribution >= 0.6 is 0 Å². The van der Waals surface area contributed by atoms with Gasteiger partial charge in [0.2, 0.25) is 11.8 Å². The van der Waals surface area contributed by atoms with E-state index in [1.807, 2.05) is 84.9 Å². The van der Waals surface area contributed by atoms with Gasteiger partial charge >= 0.3 is 0 Å². The van der Waals surface area contributed by atoms with Crippen LogP contribution in [0, 0.1) is 0 Å². The van der Waals surface area contributed by atoms with Crippen molar-refractivity contribution in [2.24, 2.45) is 0 Å². The summed E-state index contributed by atoms with van der Waals surface area (Å²) in [5.41, 5.74) is 6.54. The summed E-state index contributed by atoms with van der Waals surface area (Å²) in [7, 11) is 0. The molecule has 7 rings (SSSR count). The number of hydrogen-bond donors (Lipinski definition) is 0. The number of aromatic nitrogens is 1. The predicted octanol–water partition coefficient (Wildman–Crippen LogP) is 7.95. The summed E-state index contributed by atoms with van der Waals surface area (Å²) in [6.45, 7) is 1.74. The molecule has 218 valence electrons. The molecule has 4 aromatic carbocycles. The number of benzene rings is 4. The summed E-state index contributed by atoms with van der Waals surface area (Å²) in [5, 5.41) is 0. The summed E-state index contributed by atoms with van der Waals surface area (Å²) in [6, 6.07) is 39.9. The lowest BCUT2D eigenvalue weighted by molar-refractivity contribution is 0.0995. The molecule has 0 spiro atoms. The zero-order valence-corrected chi connectivity index (χ0v) is 24.3. The standard InChI is InChI=1S/C38H32N2O4/c41-38-33-18-16-30(35-20-17-31(26-42-35)29-14-8-3-9-15-29)22-32(33)23-40(38)34-19-21-36(43-24-27-10-4-1-5-11-27)39-37(34)44-25-28-12-6-2-7-13-28/h1-16,18-22,31H,17,23-26H2. The maximum absolute atomic E-state index is 13.7. The summed E-state index contributed by atoms with van der Waals surface area (Å²) < 4.78 is 18.4. The number of carbonyl (C=O) groups excluding carboxylic acids is 1. The molecule has 1 aromatic heterocycles. The van der Waals surface area contributed by atoms with Gasteiger partial charge in [-0.25, -0.2) is 0 Å². The van der Waals surface area contributed by atoms with Crippen molar-refractivity contribution in [3.8, 4) is 11.8 Å². The highest BCUT2D eigenvalue weighted by molar-refractivity contribution is 6.10. The molecule has 1 atom stereocenters. The van der Waals surface area contributed by atoms with Gasteiger partial charge in [0.1, 0.15) is 24.7 Å². The quantitative estimate of drug-likeness (QED) is 0.177. The number of nitrogens with zero attached hydrogens (tertiary/aromatic N) is 2. The summed E-state index contributed by atoms with van der Waals surface area (Å²) in [6.07, 6.45) is 3.07. The molecule has 1 unspecified atom stereocenters. The first-order chi connectivity index (χ1) is 21.7. The van der Waals surface area contributed by atoms with Crippen molar-refractivity contribution >= 4 is 17.4 Å². The van der Waals surface area contributed by atoms with Crippen LogP contribution in [-0.2, 0) is 24.5 Å². The molecule has 0 bridgehead atoms. The van der Waals surface area contributed by atoms with Crippen LogP contribution in [0.2, 0.25) is 0 Å². The lowest BCUT2D eigenvalue weighted by atomic mass is 9.93. The summed E-state index contributed by atoms with van der Waals surface area (Å²) in [5.74, 6) is 1.90. The fourth-order valence-corrected chi connectivity index (χ4v) is 5.66. The fraction of sp³-hybridized carbons (Fsp3) is 0.158. The van der Waals surface area contributed by atoms with E-state index >= 15 is 0 Å². The topological polar surface area (TPSA) is 60.9 Å². The Morgan fingerprint density at radius 2 is 1.45 bits per heavy atom. The van der Waals surface area contributed by atoms with E-state index in [9.17, 15) is 4.79 Å². The van der Waals surface area contributed by atoms with Crippen molar-refractivity contribution in [1.82, 2.24) is 4.98 Å². The molecule has 2 aliphatic heterocycles. The molecule has 0 N–H and O–H groups in total. The van der Waals surface area contributed by atoms with Crippen molar-refractivity contribution in [3.63, 3.8) is 0 Å². The van der Waals surface area contributed by atoms with Gasteiger partial charge in [0, 0.05) is 23.1 Å². The maximum atomic E-state index is 13.7. The lowest BCUT2D eigenvalue weighted by Crippen LogP contribution is -2.24. The second kappa shape index (κ2) is 12.5. The number of fused-ring (bicyclic) bond motifs is 1. The molecule has 0 saturated heterocycles. The Bertz CT molecular complexity index is 1790. The third-order valence-corrected chi connectivity index (χ3v) is 8.05. The third kappa shape index (κ3) is 5.92. The Kier molecular flexibility index (Phi) is 7.79. The van der Waals surface area contributed by atoms with Gasteiger partial charge in [-0.05, 0) is 52.9 Å². The van der Waals surface area contributed by atoms with Crippen LogP contribution in [0.5, 0.6) is 11.8 Å². The number of allylic oxidation sites excluding steroid dienone is 1. The highest BCUT2D eigenvalue weighted by Crippen LogP contribution is 2.38. The van der Waals surface area contributed by atoms with Crippen LogP contribution in [0.15, 0.2) is 127 Å². The van der Waals surface area contributed by atoms with E-state index < -0.39 is 0 Å². The fourth-order valence-electron chi connectivity index (χ4n) is 5.66. The molecule has 0 fully saturated rings. The highest BCUT2D eigenvalue weighted by atomic mass is 16.5. The van der Waals surface area contributed by atoms with Gasteiger partial charge in [0.05, 0.1) is 13.2 Å². The maximum Gasteiger partial charge on any atom is 0.259 e. The van der Waals surface area contributed by atoms with Crippen LogP contribution < -0.4 is 14.4 Å². The number of hydrogen-bond acceptors (Lipinski definition) is 5. The van der Waals surface area contributed by atoms with Crippen molar-refractivity contribution in [2.45, 2.75) is 32.1 Å². The molecule has 0 aliphatic carbocycles. The lowest BCUT2D eigenvalue weighted by Gasteiger charge is -2.23. The number of anilines is 1. The summed E-state index contributed by atoms with van der Waals surface area (Å²) >= 11 is 0. The van der Waals surface area contributed by atoms with E-state index in [0.717, 1.165) is 34.4 Å². The van der Waals surface area contributed by atoms with Crippen molar-refractivity contribution in [2.75, 3.05) is 11.5 Å². The van der Waals surface area contributed by atoms with Crippen LogP contribution in [0.1, 0.15) is 50.5 Å². The van der Waals surface area contributed by atoms with Crippen molar-refractivity contribution in [3.05, 3.63) is 161 Å². The van der Waals surface area contributed by atoms with E-state index in [1.165, 1.54) is 5.56 Å². The largest absolute Gasteiger partial charge is 0.493 e. The molecular weight excluding hydrogens is 548 g/mol. The molecule has 0 saturated carbocycles. The third-order valence-electron chi connectivity index (χ3n) is 8.05. The van der Waals surface area contributed by atoms with Gasteiger partial charge in [-0.15, -0.1) is 0 Å². The van der Waals surface area contributed by atoms with Crippen LogP contribution in [0.3, 0.4) is 0 Å². The van der Waals surface area contributed by atoms with E-state index in [-0.39, 0.29) is 5.91 Å². The highest BCUT2D eigenvalue weighted by Gasteiger charge is 2.32. The van der Waals surface area contributed by atoms with Gasteiger partial charge in [0.15, 0.2) is 0 Å². The monoisotopic (exact) mass is 580 g/mol. The average Bonchev–Trinajstić information content (AvgIpc) is 3.43. The van der Waals surface area contributed by atoms with E-state index in [2.05, 4.69) is 36.4 Å². The molecule has 1 amide bonds. The number of carbonyl (C=O) groups is 1. The first-order valence-corrected chi connectivity index (χ1v) is 14.9. The second-order valence-electron chi connectivity index (χ2n) is 11.0. The smallest absolute Gasteiger partial charge is 0.259 e. The SMILES string of the molecule is O=C1c2ccc(C3=CCC(c4ccccc4)CO3)cc2CN1c1ccc(OCc2ccccc2)nc1OCc1ccccc1. The minimum atomic E-state index is -0.0847. The summed E-state index contributed by atoms with van der Waals surface area (Å²) in [4.78, 5) is 20.1. The molecule has 0 radical (unpaired) electrons. The molecule has 6 heteroatoms. The predicted molar refractivity (Wildman–Crippen MR) is 170 cm³/mol. The van der Waals surface area contributed by atoms with Crippen LogP contribution in [0.25, 0.3) is 5.76 Å². The molecule has 6 nitrogen and oxygen atoms in total. The molecule has 5 aromatic rings. The number of ether oxygens (including phenoxy) is 3. The van der Waals surface area contributed by atoms with Crippen molar-refractivity contribution in [1.29, 1.82) is 0 Å². The molecular formula is C38H32N2O4. The zero-order chi connectivity index (χ0) is 29.7. The molecule has 2 aliphatic rings. The van der Waals surface area contributed by atoms with Crippen molar-refractivity contribution < 1.29 is 19.0 Å². The van der Waals surface area contributed by atoms with E-state index in [4.69, 9.17) is 19.2 Å². The first kappa shape index (κ1) is 27.5. The number of pyridine rings is 1. The Labute approximate surface area is 257 Å². The van der Waals surface area contributed by atoms with E-state index in [1.54, 1.807) is 11.0 Å². The van der Waals surface area contributed by atoms with Gasteiger partial charge in [-0.2, -0.15) is 4.98 Å². The first-order valence-electron chi connectivity index (χ1n) is 14.9. The Hall–Kier alpha value is -5.36. The van der Waals surface area contributed by atoms with E-state index in [0.29, 0.717) is 55.3 Å². The van der Waals surface area contributed by atoms with Crippen LogP contribution in [0.4, 0.5) is 5.69 Å². The number of amides is 1. The Morgan fingerprint density at radius 3 is 2.14 bits per heavy atom. The van der Waals surface area contributed by atoms with Gasteiger partial charge in [-0.1, -0.05) is 97.1 Å². The van der Waals surface area contributed by atoms with Gasteiger partial charge in [0.25, 0.3) is 5.91 Å². The minimum absolute atomic E-state index is 0.0847. The second-order valence-corrected chi connectivity index (χ2v) is 11.0.